The van der Waals surface area contributed by atoms with Crippen molar-refractivity contribution in [2.75, 3.05) is 6.61 Å². The lowest BCUT2D eigenvalue weighted by atomic mass is 9.88. The third kappa shape index (κ3) is 6.14. The number of allylic oxidation sites excluding steroid dienone is 1. The van der Waals surface area contributed by atoms with Gasteiger partial charge in [-0.3, -0.25) is 4.79 Å². The second kappa shape index (κ2) is 12.7. The minimum absolute atomic E-state index is 0.172. The van der Waals surface area contributed by atoms with Gasteiger partial charge in [-0.15, -0.1) is 6.58 Å². The molecule has 1 saturated carbocycles. The number of benzene rings is 3. The molecule has 0 bridgehead atoms. The molecule has 4 aromatic rings. The minimum atomic E-state index is -0.310. The average Bonchev–Trinajstić information content (AvgIpc) is 2.97. The molecule has 0 spiro atoms. The van der Waals surface area contributed by atoms with Gasteiger partial charge in [0.25, 0.3) is 5.56 Å². The minimum Gasteiger partial charge on any atom is -0.490 e. The summed E-state index contributed by atoms with van der Waals surface area (Å²) in [6, 6.07) is 17.6. The topological polar surface area (TPSA) is 65.7 Å². The predicted octanol–water partition coefficient (Wildman–Crippen LogP) is 7.17. The first-order chi connectivity index (χ1) is 19.6. The van der Waals surface area contributed by atoms with Crippen LogP contribution in [0, 0.1) is 5.82 Å². The molecule has 1 aliphatic rings. The molecule has 0 atom stereocenters. The van der Waals surface area contributed by atoms with Crippen LogP contribution in [0.5, 0.6) is 11.5 Å². The van der Waals surface area contributed by atoms with E-state index in [1.54, 1.807) is 24.4 Å². The number of fused-ring (bicyclic) bond motifs is 1. The van der Waals surface area contributed by atoms with Crippen molar-refractivity contribution in [2.24, 2.45) is 5.10 Å². The third-order valence-corrected chi connectivity index (χ3v) is 7.16. The maximum atomic E-state index is 13.7. The Bertz CT molecular complexity index is 1590. The van der Waals surface area contributed by atoms with Gasteiger partial charge < -0.3 is 9.47 Å². The SMILES string of the molecule is C=CCc1cc(C=Nn2c(C3CCCCC3)nc3ccccc3c2=O)cc(OCC)c1OCc1cccc(F)c1. The van der Waals surface area contributed by atoms with Crippen molar-refractivity contribution in [1.29, 1.82) is 0 Å². The molecule has 1 fully saturated rings. The predicted molar refractivity (Wildman–Crippen MR) is 157 cm³/mol. The van der Waals surface area contributed by atoms with E-state index in [-0.39, 0.29) is 23.9 Å². The van der Waals surface area contributed by atoms with Crippen LogP contribution in [0.15, 0.2) is 83.2 Å². The summed E-state index contributed by atoms with van der Waals surface area (Å²) in [5, 5.41) is 5.23. The molecule has 40 heavy (non-hydrogen) atoms. The van der Waals surface area contributed by atoms with Crippen molar-refractivity contribution in [3.63, 3.8) is 0 Å². The number of halogens is 1. The van der Waals surface area contributed by atoms with Crippen LogP contribution in [0.3, 0.4) is 0 Å². The van der Waals surface area contributed by atoms with E-state index in [4.69, 9.17) is 14.5 Å². The lowest BCUT2D eigenvalue weighted by Gasteiger charge is -2.22. The van der Waals surface area contributed by atoms with Crippen LogP contribution in [0.4, 0.5) is 4.39 Å². The van der Waals surface area contributed by atoms with Gasteiger partial charge in [0, 0.05) is 11.5 Å². The van der Waals surface area contributed by atoms with Crippen molar-refractivity contribution in [2.45, 2.75) is 58.0 Å². The normalized spacial score (nSPS) is 14.1. The van der Waals surface area contributed by atoms with Crippen LogP contribution in [0.25, 0.3) is 10.9 Å². The summed E-state index contributed by atoms with van der Waals surface area (Å²) in [5.41, 5.74) is 2.86. The molecule has 6 nitrogen and oxygen atoms in total. The Kier molecular flexibility index (Phi) is 8.69. The molecule has 3 aromatic carbocycles. The molecular formula is C33H34FN3O3. The summed E-state index contributed by atoms with van der Waals surface area (Å²) in [6.07, 6.45) is 9.44. The van der Waals surface area contributed by atoms with E-state index in [2.05, 4.69) is 11.7 Å². The van der Waals surface area contributed by atoms with Crippen molar-refractivity contribution in [1.82, 2.24) is 9.66 Å². The maximum absolute atomic E-state index is 13.7. The molecule has 7 heteroatoms. The zero-order chi connectivity index (χ0) is 27.9. The highest BCUT2D eigenvalue weighted by Crippen LogP contribution is 2.35. The Balaban J connectivity index is 1.54. The number of aromatic nitrogens is 2. The van der Waals surface area contributed by atoms with E-state index in [0.29, 0.717) is 41.3 Å². The molecule has 5 rings (SSSR count). The Morgan fingerprint density at radius 1 is 1.07 bits per heavy atom. The van der Waals surface area contributed by atoms with Crippen LogP contribution in [0.2, 0.25) is 0 Å². The lowest BCUT2D eigenvalue weighted by molar-refractivity contribution is 0.267. The number of nitrogens with zero attached hydrogens (tertiary/aromatic N) is 3. The summed E-state index contributed by atoms with van der Waals surface area (Å²) in [5.74, 6) is 1.73. The molecule has 0 N–H and O–H groups in total. The van der Waals surface area contributed by atoms with E-state index in [9.17, 15) is 9.18 Å². The van der Waals surface area contributed by atoms with Crippen molar-refractivity contribution < 1.29 is 13.9 Å². The third-order valence-electron chi connectivity index (χ3n) is 7.16. The van der Waals surface area contributed by atoms with E-state index in [1.807, 2.05) is 43.3 Å². The smallest absolute Gasteiger partial charge is 0.282 e. The monoisotopic (exact) mass is 539 g/mol. The highest BCUT2D eigenvalue weighted by atomic mass is 19.1. The van der Waals surface area contributed by atoms with E-state index in [1.165, 1.54) is 23.2 Å². The quantitative estimate of drug-likeness (QED) is 0.158. The highest BCUT2D eigenvalue weighted by Gasteiger charge is 2.22. The zero-order valence-electron chi connectivity index (χ0n) is 22.8. The molecule has 0 aliphatic heterocycles. The fraction of sp³-hybridized carbons (Fsp3) is 0.303. The Morgan fingerprint density at radius 2 is 1.90 bits per heavy atom. The number of hydrogen-bond acceptors (Lipinski definition) is 5. The molecule has 1 aliphatic carbocycles. The van der Waals surface area contributed by atoms with Crippen LogP contribution in [0.1, 0.15) is 67.5 Å². The van der Waals surface area contributed by atoms with Gasteiger partial charge >= 0.3 is 0 Å². The van der Waals surface area contributed by atoms with E-state index < -0.39 is 0 Å². The number of hydrogen-bond donors (Lipinski definition) is 0. The van der Waals surface area contributed by atoms with Gasteiger partial charge in [-0.05, 0) is 73.7 Å². The second-order valence-corrected chi connectivity index (χ2v) is 10.0. The molecule has 1 aromatic heterocycles. The number of ether oxygens (including phenoxy) is 2. The summed E-state index contributed by atoms with van der Waals surface area (Å²) in [6.45, 7) is 6.43. The van der Waals surface area contributed by atoms with Crippen molar-refractivity contribution >= 4 is 17.1 Å². The molecule has 206 valence electrons. The first-order valence-corrected chi connectivity index (χ1v) is 13.9. The van der Waals surface area contributed by atoms with Crippen LogP contribution in [-0.2, 0) is 13.0 Å². The fourth-order valence-corrected chi connectivity index (χ4v) is 5.28. The first kappa shape index (κ1) is 27.3. The summed E-state index contributed by atoms with van der Waals surface area (Å²) >= 11 is 0. The van der Waals surface area contributed by atoms with Gasteiger partial charge in [0.05, 0.1) is 23.7 Å². The Labute approximate surface area is 233 Å². The summed E-state index contributed by atoms with van der Waals surface area (Å²) < 4.78 is 27.3. The van der Waals surface area contributed by atoms with Gasteiger partial charge in [-0.2, -0.15) is 9.78 Å². The van der Waals surface area contributed by atoms with E-state index >= 15 is 0 Å². The highest BCUT2D eigenvalue weighted by molar-refractivity contribution is 5.82. The van der Waals surface area contributed by atoms with E-state index in [0.717, 1.165) is 42.4 Å². The first-order valence-electron chi connectivity index (χ1n) is 13.9. The van der Waals surface area contributed by atoms with Crippen LogP contribution in [-0.4, -0.2) is 22.5 Å². The number of para-hydroxylation sites is 1. The van der Waals surface area contributed by atoms with Gasteiger partial charge in [-0.1, -0.05) is 49.6 Å². The largest absolute Gasteiger partial charge is 0.490 e. The fourth-order valence-electron chi connectivity index (χ4n) is 5.28. The molecule has 0 radical (unpaired) electrons. The van der Waals surface area contributed by atoms with Gasteiger partial charge in [0.1, 0.15) is 18.2 Å². The van der Waals surface area contributed by atoms with Crippen molar-refractivity contribution in [3.05, 3.63) is 112 Å². The van der Waals surface area contributed by atoms with Crippen LogP contribution >= 0.6 is 0 Å². The zero-order valence-corrected chi connectivity index (χ0v) is 22.8. The molecule has 0 saturated heterocycles. The molecule has 1 heterocycles. The van der Waals surface area contributed by atoms with Gasteiger partial charge in [0.2, 0.25) is 0 Å². The Morgan fingerprint density at radius 3 is 2.67 bits per heavy atom. The summed E-state index contributed by atoms with van der Waals surface area (Å²) in [7, 11) is 0. The average molecular weight is 540 g/mol. The standard InChI is InChI=1S/C33H34FN3O3/c1-3-11-26-18-24(20-30(39-4-2)31(26)40-22-23-12-10-15-27(34)19-23)21-35-37-32(25-13-6-5-7-14-25)36-29-17-9-8-16-28(29)33(37)38/h3,8-10,12,15-21,25H,1,4-7,11,13-14,22H2,2H3. The molecule has 0 amide bonds. The number of rotatable bonds is 10. The van der Waals surface area contributed by atoms with Gasteiger partial charge in [0.15, 0.2) is 11.5 Å². The molecule has 0 unspecified atom stereocenters. The Hall–Kier alpha value is -4.26. The summed E-state index contributed by atoms with van der Waals surface area (Å²) in [4.78, 5) is 18.5. The second-order valence-electron chi connectivity index (χ2n) is 10.0. The van der Waals surface area contributed by atoms with Crippen molar-refractivity contribution in [3.8, 4) is 11.5 Å². The van der Waals surface area contributed by atoms with Gasteiger partial charge in [-0.25, -0.2) is 9.37 Å². The molecular weight excluding hydrogens is 505 g/mol. The van der Waals surface area contributed by atoms with Crippen LogP contribution < -0.4 is 15.0 Å². The lowest BCUT2D eigenvalue weighted by Crippen LogP contribution is -2.25. The maximum Gasteiger partial charge on any atom is 0.282 e.